The Morgan fingerprint density at radius 2 is 2.11 bits per heavy atom. The second-order valence-corrected chi connectivity index (χ2v) is 5.26. The molecule has 1 aromatic carbocycles. The van der Waals surface area contributed by atoms with Crippen molar-refractivity contribution in [1.29, 1.82) is 0 Å². The molecule has 1 N–H and O–H groups in total. The Labute approximate surface area is 106 Å². The van der Waals surface area contributed by atoms with Crippen LogP contribution in [0.15, 0.2) is 18.2 Å². The third-order valence-electron chi connectivity index (χ3n) is 4.18. The van der Waals surface area contributed by atoms with Crippen molar-refractivity contribution in [3.63, 3.8) is 0 Å². The lowest BCUT2D eigenvalue weighted by molar-refractivity contribution is 0.298. The molecule has 98 valence electrons. The van der Waals surface area contributed by atoms with E-state index in [4.69, 9.17) is 0 Å². The topological polar surface area (TPSA) is 15.3 Å². The Morgan fingerprint density at radius 3 is 2.94 bits per heavy atom. The van der Waals surface area contributed by atoms with E-state index < -0.39 is 11.6 Å². The molecule has 2 heterocycles. The fourth-order valence-corrected chi connectivity index (χ4v) is 3.23. The SMILES string of the molecule is Fc1ccc(CNC2CCN3CCCC23)c(F)c1. The number of fused-ring (bicyclic) bond motifs is 1. The Balaban J connectivity index is 1.61. The van der Waals surface area contributed by atoms with E-state index in [-0.39, 0.29) is 0 Å². The Hall–Kier alpha value is -1.00. The van der Waals surface area contributed by atoms with Gasteiger partial charge in [0.05, 0.1) is 0 Å². The van der Waals surface area contributed by atoms with Crippen LogP contribution >= 0.6 is 0 Å². The van der Waals surface area contributed by atoms with Gasteiger partial charge >= 0.3 is 0 Å². The highest BCUT2D eigenvalue weighted by Crippen LogP contribution is 2.28. The lowest BCUT2D eigenvalue weighted by Crippen LogP contribution is -2.38. The molecule has 2 unspecified atom stereocenters. The predicted molar refractivity (Wildman–Crippen MR) is 66.2 cm³/mol. The van der Waals surface area contributed by atoms with E-state index in [0.29, 0.717) is 24.2 Å². The van der Waals surface area contributed by atoms with E-state index in [1.165, 1.54) is 31.5 Å². The summed E-state index contributed by atoms with van der Waals surface area (Å²) in [5, 5.41) is 3.43. The molecule has 4 heteroatoms. The van der Waals surface area contributed by atoms with Gasteiger partial charge in [-0.25, -0.2) is 8.78 Å². The van der Waals surface area contributed by atoms with E-state index in [1.54, 1.807) is 0 Å². The maximum Gasteiger partial charge on any atom is 0.130 e. The quantitative estimate of drug-likeness (QED) is 0.888. The van der Waals surface area contributed by atoms with Gasteiger partial charge in [0.2, 0.25) is 0 Å². The lowest BCUT2D eigenvalue weighted by atomic mass is 10.1. The molecule has 2 aliphatic heterocycles. The molecule has 0 aliphatic carbocycles. The van der Waals surface area contributed by atoms with Gasteiger partial charge in [-0.3, -0.25) is 4.90 Å². The minimum Gasteiger partial charge on any atom is -0.308 e. The molecule has 0 aromatic heterocycles. The van der Waals surface area contributed by atoms with Gasteiger partial charge in [-0.05, 0) is 31.9 Å². The zero-order chi connectivity index (χ0) is 12.5. The van der Waals surface area contributed by atoms with Crippen molar-refractivity contribution >= 4 is 0 Å². The van der Waals surface area contributed by atoms with Gasteiger partial charge in [-0.15, -0.1) is 0 Å². The summed E-state index contributed by atoms with van der Waals surface area (Å²) in [7, 11) is 0. The van der Waals surface area contributed by atoms with Crippen LogP contribution in [0.1, 0.15) is 24.8 Å². The first kappa shape index (κ1) is 12.1. The normalized spacial score (nSPS) is 27.7. The number of nitrogens with zero attached hydrogens (tertiary/aromatic N) is 1. The monoisotopic (exact) mass is 252 g/mol. The first-order valence-corrected chi connectivity index (χ1v) is 6.65. The van der Waals surface area contributed by atoms with Crippen LogP contribution in [0.25, 0.3) is 0 Å². The van der Waals surface area contributed by atoms with Gasteiger partial charge in [-0.1, -0.05) is 6.07 Å². The zero-order valence-electron chi connectivity index (χ0n) is 10.3. The summed E-state index contributed by atoms with van der Waals surface area (Å²) in [4.78, 5) is 2.51. The van der Waals surface area contributed by atoms with E-state index in [0.717, 1.165) is 19.0 Å². The number of rotatable bonds is 3. The largest absolute Gasteiger partial charge is 0.308 e. The smallest absolute Gasteiger partial charge is 0.130 e. The molecular formula is C14H18F2N2. The van der Waals surface area contributed by atoms with Gasteiger partial charge in [0.1, 0.15) is 11.6 Å². The molecular weight excluding hydrogens is 234 g/mol. The highest BCUT2D eigenvalue weighted by Gasteiger charge is 2.36. The molecule has 2 fully saturated rings. The average molecular weight is 252 g/mol. The molecule has 2 atom stereocenters. The van der Waals surface area contributed by atoms with Crippen molar-refractivity contribution < 1.29 is 8.78 Å². The molecule has 3 rings (SSSR count). The van der Waals surface area contributed by atoms with Crippen molar-refractivity contribution in [2.45, 2.75) is 37.9 Å². The highest BCUT2D eigenvalue weighted by molar-refractivity contribution is 5.18. The standard InChI is InChI=1S/C14H18F2N2/c15-11-4-3-10(12(16)8-11)9-17-13-5-7-18-6-1-2-14(13)18/h3-4,8,13-14,17H,1-2,5-7,9H2. The van der Waals surface area contributed by atoms with E-state index in [9.17, 15) is 8.78 Å². The molecule has 1 aromatic rings. The highest BCUT2D eigenvalue weighted by atomic mass is 19.1. The van der Waals surface area contributed by atoms with Crippen LogP contribution in [0.3, 0.4) is 0 Å². The molecule has 0 spiro atoms. The summed E-state index contributed by atoms with van der Waals surface area (Å²) in [5.41, 5.74) is 0.549. The van der Waals surface area contributed by atoms with Crippen LogP contribution in [0.5, 0.6) is 0 Å². The number of hydrogen-bond donors (Lipinski definition) is 1. The van der Waals surface area contributed by atoms with Crippen LogP contribution in [0, 0.1) is 11.6 Å². The number of nitrogens with one attached hydrogen (secondary N) is 1. The van der Waals surface area contributed by atoms with Crippen molar-refractivity contribution in [3.05, 3.63) is 35.4 Å². The molecule has 2 aliphatic rings. The van der Waals surface area contributed by atoms with Gasteiger partial charge < -0.3 is 5.32 Å². The van der Waals surface area contributed by atoms with Gasteiger partial charge in [0.25, 0.3) is 0 Å². The minimum atomic E-state index is -0.515. The fraction of sp³-hybridized carbons (Fsp3) is 0.571. The van der Waals surface area contributed by atoms with E-state index in [1.807, 2.05) is 0 Å². The van der Waals surface area contributed by atoms with Crippen LogP contribution in [0.2, 0.25) is 0 Å². The molecule has 0 amide bonds. The first-order chi connectivity index (χ1) is 8.74. The summed E-state index contributed by atoms with van der Waals surface area (Å²) in [6, 6.07) is 4.87. The Morgan fingerprint density at radius 1 is 1.22 bits per heavy atom. The van der Waals surface area contributed by atoms with E-state index >= 15 is 0 Å². The van der Waals surface area contributed by atoms with Crippen LogP contribution < -0.4 is 5.32 Å². The predicted octanol–water partition coefficient (Wildman–Crippen LogP) is 2.29. The number of benzene rings is 1. The molecule has 0 bridgehead atoms. The molecule has 2 nitrogen and oxygen atoms in total. The van der Waals surface area contributed by atoms with Crippen molar-refractivity contribution in [2.75, 3.05) is 13.1 Å². The van der Waals surface area contributed by atoms with E-state index in [2.05, 4.69) is 10.2 Å². The molecule has 2 saturated heterocycles. The second kappa shape index (κ2) is 4.94. The number of halogens is 2. The molecule has 18 heavy (non-hydrogen) atoms. The first-order valence-electron chi connectivity index (χ1n) is 6.65. The summed E-state index contributed by atoms with van der Waals surface area (Å²) in [6.45, 7) is 2.84. The lowest BCUT2D eigenvalue weighted by Gasteiger charge is -2.21. The summed E-state index contributed by atoms with van der Waals surface area (Å²) >= 11 is 0. The van der Waals surface area contributed by atoms with Crippen LogP contribution in [0.4, 0.5) is 8.78 Å². The van der Waals surface area contributed by atoms with Crippen LogP contribution in [-0.4, -0.2) is 30.1 Å². The van der Waals surface area contributed by atoms with Crippen LogP contribution in [-0.2, 0) is 6.54 Å². The molecule has 0 saturated carbocycles. The minimum absolute atomic E-state index is 0.455. The van der Waals surface area contributed by atoms with Gasteiger partial charge in [0, 0.05) is 36.8 Å². The van der Waals surface area contributed by atoms with Crippen molar-refractivity contribution in [3.8, 4) is 0 Å². The van der Waals surface area contributed by atoms with Crippen molar-refractivity contribution in [2.24, 2.45) is 0 Å². The summed E-state index contributed by atoms with van der Waals surface area (Å²) < 4.78 is 26.3. The maximum atomic E-state index is 13.5. The third-order valence-corrected chi connectivity index (χ3v) is 4.18. The molecule has 0 radical (unpaired) electrons. The Bertz CT molecular complexity index is 436. The zero-order valence-corrected chi connectivity index (χ0v) is 10.3. The third kappa shape index (κ3) is 2.27. The Kier molecular flexibility index (Phi) is 3.31. The maximum absolute atomic E-state index is 13.5. The summed E-state index contributed by atoms with van der Waals surface area (Å²) in [5.74, 6) is -0.970. The second-order valence-electron chi connectivity index (χ2n) is 5.26. The van der Waals surface area contributed by atoms with Gasteiger partial charge in [-0.2, -0.15) is 0 Å². The average Bonchev–Trinajstić information content (AvgIpc) is 2.91. The fourth-order valence-electron chi connectivity index (χ4n) is 3.23. The summed E-state index contributed by atoms with van der Waals surface area (Å²) in [6.07, 6.45) is 3.64. The van der Waals surface area contributed by atoms with Crippen molar-refractivity contribution in [1.82, 2.24) is 10.2 Å². The van der Waals surface area contributed by atoms with Gasteiger partial charge in [0.15, 0.2) is 0 Å². The number of hydrogen-bond acceptors (Lipinski definition) is 2.